The van der Waals surface area contributed by atoms with Crippen molar-refractivity contribution >= 4 is 34.1 Å². The zero-order valence-corrected chi connectivity index (χ0v) is 19.9. The smallest absolute Gasteiger partial charge is 0.330 e. The van der Waals surface area contributed by atoms with Crippen molar-refractivity contribution in [1.82, 2.24) is 4.31 Å². The maximum atomic E-state index is 12.7. The SMILES string of the molecule is COC(=O)/C=C/c1ccc(OC(=O)C2CCN(S(=O)(=O)/C=C/c3ccccc3)CC2)c(OC)c1. The Hall–Kier alpha value is -3.43. The molecule has 180 valence electrons. The van der Waals surface area contributed by atoms with Crippen LogP contribution in [0, 0.1) is 5.92 Å². The summed E-state index contributed by atoms with van der Waals surface area (Å²) in [7, 11) is -0.837. The van der Waals surface area contributed by atoms with E-state index in [1.54, 1.807) is 30.4 Å². The number of hydrogen-bond donors (Lipinski definition) is 0. The van der Waals surface area contributed by atoms with Gasteiger partial charge in [0, 0.05) is 24.6 Å². The van der Waals surface area contributed by atoms with E-state index in [4.69, 9.17) is 9.47 Å². The van der Waals surface area contributed by atoms with Crippen molar-refractivity contribution in [3.05, 3.63) is 71.1 Å². The first kappa shape index (κ1) is 25.2. The molecule has 1 aliphatic rings. The largest absolute Gasteiger partial charge is 0.493 e. The maximum Gasteiger partial charge on any atom is 0.330 e. The lowest BCUT2D eigenvalue weighted by Crippen LogP contribution is -2.40. The molecule has 2 aromatic rings. The topological polar surface area (TPSA) is 99.2 Å². The summed E-state index contributed by atoms with van der Waals surface area (Å²) in [5.41, 5.74) is 1.47. The Morgan fingerprint density at radius 3 is 2.29 bits per heavy atom. The van der Waals surface area contributed by atoms with E-state index in [1.807, 2.05) is 30.3 Å². The first-order chi connectivity index (χ1) is 16.3. The van der Waals surface area contributed by atoms with E-state index < -0.39 is 27.9 Å². The average Bonchev–Trinajstić information content (AvgIpc) is 2.87. The lowest BCUT2D eigenvalue weighted by Gasteiger charge is -2.29. The van der Waals surface area contributed by atoms with Gasteiger partial charge >= 0.3 is 11.9 Å². The number of nitrogens with zero attached hydrogens (tertiary/aromatic N) is 1. The molecule has 0 atom stereocenters. The zero-order valence-electron chi connectivity index (χ0n) is 19.0. The van der Waals surface area contributed by atoms with Crippen LogP contribution in [0.5, 0.6) is 11.5 Å². The molecule has 1 saturated heterocycles. The Morgan fingerprint density at radius 1 is 0.941 bits per heavy atom. The number of carbonyl (C=O) groups is 2. The van der Waals surface area contributed by atoms with Crippen LogP contribution < -0.4 is 9.47 Å². The van der Waals surface area contributed by atoms with Crippen LogP contribution in [-0.2, 0) is 24.3 Å². The summed E-state index contributed by atoms with van der Waals surface area (Å²) in [6.45, 7) is 0.464. The number of piperidine rings is 1. The van der Waals surface area contributed by atoms with Crippen molar-refractivity contribution in [2.75, 3.05) is 27.3 Å². The molecule has 0 N–H and O–H groups in total. The van der Waals surface area contributed by atoms with Crippen LogP contribution in [0.15, 0.2) is 60.0 Å². The third-order valence-corrected chi connectivity index (χ3v) is 6.96. The maximum absolute atomic E-state index is 12.7. The lowest BCUT2D eigenvalue weighted by molar-refractivity contribution is -0.140. The minimum absolute atomic E-state index is 0.232. The Labute approximate surface area is 199 Å². The van der Waals surface area contributed by atoms with Crippen LogP contribution in [0.1, 0.15) is 24.0 Å². The predicted molar refractivity (Wildman–Crippen MR) is 128 cm³/mol. The molecular weight excluding hydrogens is 458 g/mol. The minimum atomic E-state index is -3.58. The highest BCUT2D eigenvalue weighted by molar-refractivity contribution is 7.92. The molecule has 0 radical (unpaired) electrons. The number of sulfonamides is 1. The van der Waals surface area contributed by atoms with Gasteiger partial charge in [0.25, 0.3) is 0 Å². The first-order valence-electron chi connectivity index (χ1n) is 10.7. The van der Waals surface area contributed by atoms with Crippen LogP contribution in [0.25, 0.3) is 12.2 Å². The predicted octanol–water partition coefficient (Wildman–Crippen LogP) is 3.50. The van der Waals surface area contributed by atoms with Crippen molar-refractivity contribution in [2.45, 2.75) is 12.8 Å². The van der Waals surface area contributed by atoms with Crippen LogP contribution in [-0.4, -0.2) is 52.0 Å². The monoisotopic (exact) mass is 485 g/mol. The van der Waals surface area contributed by atoms with Crippen LogP contribution >= 0.6 is 0 Å². The molecule has 8 nitrogen and oxygen atoms in total. The third kappa shape index (κ3) is 6.79. The second-order valence-corrected chi connectivity index (χ2v) is 9.44. The van der Waals surface area contributed by atoms with E-state index in [1.165, 1.54) is 30.0 Å². The lowest BCUT2D eigenvalue weighted by atomic mass is 9.98. The van der Waals surface area contributed by atoms with E-state index >= 15 is 0 Å². The molecule has 9 heteroatoms. The highest BCUT2D eigenvalue weighted by Crippen LogP contribution is 2.31. The Morgan fingerprint density at radius 2 is 1.65 bits per heavy atom. The summed E-state index contributed by atoms with van der Waals surface area (Å²) < 4.78 is 42.0. The number of carbonyl (C=O) groups excluding carboxylic acids is 2. The molecule has 0 saturated carbocycles. The highest BCUT2D eigenvalue weighted by Gasteiger charge is 2.31. The number of benzene rings is 2. The van der Waals surface area contributed by atoms with Crippen molar-refractivity contribution < 1.29 is 32.2 Å². The second kappa shape index (κ2) is 11.6. The van der Waals surface area contributed by atoms with E-state index in [9.17, 15) is 18.0 Å². The van der Waals surface area contributed by atoms with Gasteiger partial charge in [-0.2, -0.15) is 4.31 Å². The second-order valence-electron chi connectivity index (χ2n) is 7.62. The number of esters is 2. The molecule has 1 heterocycles. The van der Waals surface area contributed by atoms with E-state index in [2.05, 4.69) is 4.74 Å². The Balaban J connectivity index is 1.58. The molecule has 0 unspecified atom stereocenters. The molecule has 3 rings (SSSR count). The van der Waals surface area contributed by atoms with Gasteiger partial charge in [0.05, 0.1) is 20.1 Å². The van der Waals surface area contributed by atoms with Crippen molar-refractivity contribution in [3.63, 3.8) is 0 Å². The zero-order chi connectivity index (χ0) is 24.6. The summed E-state index contributed by atoms with van der Waals surface area (Å²) in [5, 5.41) is 1.20. The average molecular weight is 486 g/mol. The molecular formula is C25H27NO7S. The molecule has 2 aromatic carbocycles. The number of ether oxygens (including phenoxy) is 3. The Kier molecular flexibility index (Phi) is 8.61. The summed E-state index contributed by atoms with van der Waals surface area (Å²) in [6.07, 6.45) is 5.12. The van der Waals surface area contributed by atoms with Crippen LogP contribution in [0.4, 0.5) is 0 Å². The highest BCUT2D eigenvalue weighted by atomic mass is 32.2. The van der Waals surface area contributed by atoms with Crippen molar-refractivity contribution in [3.8, 4) is 11.5 Å². The van der Waals surface area contributed by atoms with Gasteiger partial charge in [0.15, 0.2) is 11.5 Å². The fourth-order valence-electron chi connectivity index (χ4n) is 3.46. The van der Waals surface area contributed by atoms with Crippen LogP contribution in [0.2, 0.25) is 0 Å². The molecule has 1 fully saturated rings. The summed E-state index contributed by atoms with van der Waals surface area (Å²) in [6, 6.07) is 14.1. The molecule has 0 bridgehead atoms. The molecule has 0 aromatic heterocycles. The fraction of sp³-hybridized carbons (Fsp3) is 0.280. The van der Waals surface area contributed by atoms with E-state index in [0.29, 0.717) is 24.2 Å². The van der Waals surface area contributed by atoms with Gasteiger partial charge in [-0.25, -0.2) is 13.2 Å². The molecule has 0 aliphatic carbocycles. The summed E-state index contributed by atoms with van der Waals surface area (Å²) >= 11 is 0. The summed E-state index contributed by atoms with van der Waals surface area (Å²) in [5.74, 6) is -0.755. The van der Waals surface area contributed by atoms with Gasteiger partial charge in [-0.15, -0.1) is 0 Å². The number of hydrogen-bond acceptors (Lipinski definition) is 7. The van der Waals surface area contributed by atoms with Gasteiger partial charge in [-0.3, -0.25) is 4.79 Å². The standard InChI is InChI=1S/C25H27NO7S/c1-31-23-18-20(9-11-24(27)32-2)8-10-22(23)33-25(28)21-12-15-26(16-13-21)34(29,30)17-14-19-6-4-3-5-7-19/h3-11,14,17-18,21H,12-13,15-16H2,1-2H3/b11-9+,17-14+. The molecule has 1 aliphatic heterocycles. The van der Waals surface area contributed by atoms with Gasteiger partial charge < -0.3 is 14.2 Å². The normalized spacial score (nSPS) is 15.5. The molecule has 0 amide bonds. The summed E-state index contributed by atoms with van der Waals surface area (Å²) in [4.78, 5) is 24.0. The quantitative estimate of drug-likeness (QED) is 0.321. The molecule has 0 spiro atoms. The van der Waals surface area contributed by atoms with Gasteiger partial charge in [0.2, 0.25) is 10.0 Å². The van der Waals surface area contributed by atoms with Gasteiger partial charge in [0.1, 0.15) is 0 Å². The van der Waals surface area contributed by atoms with Crippen LogP contribution in [0.3, 0.4) is 0 Å². The number of rotatable bonds is 8. The van der Waals surface area contributed by atoms with Gasteiger partial charge in [-0.05, 0) is 48.3 Å². The van der Waals surface area contributed by atoms with Crippen molar-refractivity contribution in [2.24, 2.45) is 5.92 Å². The van der Waals surface area contributed by atoms with E-state index in [-0.39, 0.29) is 18.8 Å². The number of methoxy groups -OCH3 is 2. The Bertz CT molecular complexity index is 1170. The molecule has 34 heavy (non-hydrogen) atoms. The van der Waals surface area contributed by atoms with Gasteiger partial charge in [-0.1, -0.05) is 36.4 Å². The first-order valence-corrected chi connectivity index (χ1v) is 12.2. The van der Waals surface area contributed by atoms with E-state index in [0.717, 1.165) is 5.56 Å². The third-order valence-electron chi connectivity index (χ3n) is 5.39. The fourth-order valence-corrected chi connectivity index (χ4v) is 4.68. The minimum Gasteiger partial charge on any atom is -0.493 e. The van der Waals surface area contributed by atoms with Crippen molar-refractivity contribution in [1.29, 1.82) is 0 Å².